The number of benzene rings is 2. The number of carbonyl (C=O) groups excluding carboxylic acids is 1. The van der Waals surface area contributed by atoms with E-state index in [1.165, 1.54) is 18.2 Å². The lowest BCUT2D eigenvalue weighted by atomic mass is 10.1. The number of thioether (sulfide) groups is 1. The monoisotopic (exact) mass is 495 g/mol. The number of hydrogen-bond donors (Lipinski definition) is 1. The van der Waals surface area contributed by atoms with E-state index in [0.29, 0.717) is 24.1 Å². The fraction of sp³-hybridized carbons (Fsp3) is 0.400. The molecule has 1 fully saturated rings. The summed E-state index contributed by atoms with van der Waals surface area (Å²) >= 11 is 1.35. The summed E-state index contributed by atoms with van der Waals surface area (Å²) in [7, 11) is 1.65. The zero-order valence-corrected chi connectivity index (χ0v) is 20.5. The average molecular weight is 496 g/mol. The molecule has 2 aliphatic heterocycles. The fourth-order valence-corrected chi connectivity index (χ4v) is 5.02. The fourth-order valence-electron chi connectivity index (χ4n) is 4.25. The van der Waals surface area contributed by atoms with Crippen LogP contribution in [-0.2, 0) is 4.79 Å². The summed E-state index contributed by atoms with van der Waals surface area (Å²) in [5.74, 6) is 3.03. The van der Waals surface area contributed by atoms with Crippen molar-refractivity contribution in [2.24, 2.45) is 0 Å². The van der Waals surface area contributed by atoms with Gasteiger partial charge in [-0.05, 0) is 43.5 Å². The number of aromatic nitrogens is 3. The van der Waals surface area contributed by atoms with E-state index in [-0.39, 0.29) is 17.8 Å². The Kier molecular flexibility index (Phi) is 7.27. The van der Waals surface area contributed by atoms with Gasteiger partial charge in [0.2, 0.25) is 11.9 Å². The van der Waals surface area contributed by atoms with Gasteiger partial charge in [0.1, 0.15) is 18.5 Å². The summed E-state index contributed by atoms with van der Waals surface area (Å²) < 4.78 is 19.3. The summed E-state index contributed by atoms with van der Waals surface area (Å²) in [6.07, 6.45) is 3.24. The highest BCUT2D eigenvalue weighted by molar-refractivity contribution is 7.99. The number of para-hydroxylation sites is 4. The van der Waals surface area contributed by atoms with Gasteiger partial charge in [-0.15, -0.1) is 10.2 Å². The molecule has 1 aromatic heterocycles. The van der Waals surface area contributed by atoms with Crippen LogP contribution in [-0.4, -0.2) is 65.9 Å². The summed E-state index contributed by atoms with van der Waals surface area (Å²) in [5.41, 5.74) is 0.856. The lowest BCUT2D eigenvalue weighted by molar-refractivity contribution is -0.119. The van der Waals surface area contributed by atoms with Crippen LogP contribution in [0.1, 0.15) is 19.3 Å². The van der Waals surface area contributed by atoms with Crippen molar-refractivity contribution in [1.82, 2.24) is 20.1 Å². The molecule has 0 bridgehead atoms. The zero-order valence-electron chi connectivity index (χ0n) is 19.7. The SMILES string of the molecule is COc1ccccc1-n1c(SCC(=O)NC[C@@H]2COc3ccccc3O2)nnc1N1CCCCC1. The highest BCUT2D eigenvalue weighted by Crippen LogP contribution is 2.33. The minimum absolute atomic E-state index is 0.105. The third kappa shape index (κ3) is 5.32. The topological polar surface area (TPSA) is 90.7 Å². The smallest absolute Gasteiger partial charge is 0.232 e. The van der Waals surface area contributed by atoms with E-state index in [4.69, 9.17) is 14.2 Å². The molecule has 1 amide bonds. The molecule has 0 spiro atoms. The Morgan fingerprint density at radius 2 is 1.86 bits per heavy atom. The van der Waals surface area contributed by atoms with Crippen molar-refractivity contribution in [3.63, 3.8) is 0 Å². The van der Waals surface area contributed by atoms with E-state index in [1.54, 1.807) is 7.11 Å². The maximum absolute atomic E-state index is 12.7. The normalized spacial score (nSPS) is 17.2. The van der Waals surface area contributed by atoms with Crippen molar-refractivity contribution in [2.45, 2.75) is 30.5 Å². The van der Waals surface area contributed by atoms with Crippen molar-refractivity contribution >= 4 is 23.6 Å². The molecule has 9 nitrogen and oxygen atoms in total. The second kappa shape index (κ2) is 10.9. The first kappa shape index (κ1) is 23.3. The average Bonchev–Trinajstić information content (AvgIpc) is 3.34. The van der Waals surface area contributed by atoms with Crippen LogP contribution in [0.25, 0.3) is 5.69 Å². The predicted octanol–water partition coefficient (Wildman–Crippen LogP) is 3.31. The third-order valence-corrected chi connectivity index (χ3v) is 6.94. The quantitative estimate of drug-likeness (QED) is 0.476. The zero-order chi connectivity index (χ0) is 24.0. The summed E-state index contributed by atoms with van der Waals surface area (Å²) in [5, 5.41) is 12.5. The lowest BCUT2D eigenvalue weighted by Gasteiger charge is -2.28. The van der Waals surface area contributed by atoms with E-state index in [9.17, 15) is 4.79 Å². The number of methoxy groups -OCH3 is 1. The molecule has 3 heterocycles. The standard InChI is InChI=1S/C25H29N5O4S/c1-32-20-10-4-3-9-19(20)30-24(29-13-7-2-8-14-29)27-28-25(30)35-17-23(31)26-15-18-16-33-21-11-5-6-12-22(21)34-18/h3-6,9-12,18H,2,7-8,13-17H2,1H3,(H,26,31)/t18-/m1/s1. The van der Waals surface area contributed by atoms with Gasteiger partial charge in [-0.2, -0.15) is 0 Å². The Morgan fingerprint density at radius 3 is 2.69 bits per heavy atom. The van der Waals surface area contributed by atoms with E-state index in [0.717, 1.165) is 49.1 Å². The second-order valence-electron chi connectivity index (χ2n) is 8.43. The number of hydrogen-bond acceptors (Lipinski definition) is 8. The van der Waals surface area contributed by atoms with Crippen LogP contribution in [0.2, 0.25) is 0 Å². The van der Waals surface area contributed by atoms with Crippen LogP contribution in [0.3, 0.4) is 0 Å². The molecule has 3 aromatic rings. The third-order valence-electron chi connectivity index (χ3n) is 6.01. The Balaban J connectivity index is 1.26. The van der Waals surface area contributed by atoms with Crippen LogP contribution >= 0.6 is 11.8 Å². The van der Waals surface area contributed by atoms with Gasteiger partial charge in [0.25, 0.3) is 0 Å². The van der Waals surface area contributed by atoms with Crippen LogP contribution < -0.4 is 24.4 Å². The second-order valence-corrected chi connectivity index (χ2v) is 9.37. The molecule has 0 saturated carbocycles. The van der Waals surface area contributed by atoms with Gasteiger partial charge in [-0.1, -0.05) is 36.0 Å². The molecule has 0 radical (unpaired) electrons. The number of amides is 1. The van der Waals surface area contributed by atoms with Crippen molar-refractivity contribution in [1.29, 1.82) is 0 Å². The summed E-state index contributed by atoms with van der Waals surface area (Å²) in [4.78, 5) is 14.9. The maximum atomic E-state index is 12.7. The van der Waals surface area contributed by atoms with Gasteiger partial charge in [-0.25, -0.2) is 0 Å². The first-order valence-electron chi connectivity index (χ1n) is 11.8. The molecule has 0 aliphatic carbocycles. The van der Waals surface area contributed by atoms with Crippen LogP contribution in [0, 0.1) is 0 Å². The molecular weight excluding hydrogens is 466 g/mol. The van der Waals surface area contributed by atoms with Crippen LogP contribution in [0.4, 0.5) is 5.95 Å². The van der Waals surface area contributed by atoms with Gasteiger partial charge in [0, 0.05) is 13.1 Å². The number of ether oxygens (including phenoxy) is 3. The molecule has 1 saturated heterocycles. The minimum atomic E-state index is -0.234. The van der Waals surface area contributed by atoms with Gasteiger partial charge in [-0.3, -0.25) is 9.36 Å². The molecule has 2 aliphatic rings. The number of anilines is 1. The Hall–Kier alpha value is -3.40. The molecule has 10 heteroatoms. The van der Waals surface area contributed by atoms with Crippen LogP contribution in [0.5, 0.6) is 17.2 Å². The minimum Gasteiger partial charge on any atom is -0.495 e. The maximum Gasteiger partial charge on any atom is 0.232 e. The first-order valence-corrected chi connectivity index (χ1v) is 12.8. The largest absolute Gasteiger partial charge is 0.495 e. The molecule has 1 atom stereocenters. The number of carbonyl (C=O) groups is 1. The number of rotatable bonds is 8. The number of nitrogens with zero attached hydrogens (tertiary/aromatic N) is 4. The predicted molar refractivity (Wildman–Crippen MR) is 134 cm³/mol. The molecule has 2 aromatic carbocycles. The van der Waals surface area contributed by atoms with E-state index in [1.807, 2.05) is 53.1 Å². The van der Waals surface area contributed by atoms with Crippen LogP contribution in [0.15, 0.2) is 53.7 Å². The van der Waals surface area contributed by atoms with Gasteiger partial charge < -0.3 is 24.4 Å². The highest BCUT2D eigenvalue weighted by Gasteiger charge is 2.25. The first-order chi connectivity index (χ1) is 17.2. The van der Waals surface area contributed by atoms with Gasteiger partial charge >= 0.3 is 0 Å². The molecular formula is C25H29N5O4S. The Labute approximate surface area is 208 Å². The molecule has 1 N–H and O–H groups in total. The van der Waals surface area contributed by atoms with Gasteiger partial charge in [0.05, 0.1) is 25.1 Å². The number of piperidine rings is 1. The highest BCUT2D eigenvalue weighted by atomic mass is 32.2. The molecule has 5 rings (SSSR count). The lowest BCUT2D eigenvalue weighted by Crippen LogP contribution is -2.41. The van der Waals surface area contributed by atoms with Gasteiger partial charge in [0.15, 0.2) is 16.7 Å². The Morgan fingerprint density at radius 1 is 1.09 bits per heavy atom. The van der Waals surface area contributed by atoms with Crippen molar-refractivity contribution in [3.8, 4) is 22.9 Å². The molecule has 35 heavy (non-hydrogen) atoms. The molecule has 184 valence electrons. The van der Waals surface area contributed by atoms with E-state index >= 15 is 0 Å². The van der Waals surface area contributed by atoms with Crippen molar-refractivity contribution in [3.05, 3.63) is 48.5 Å². The number of fused-ring (bicyclic) bond motifs is 1. The van der Waals surface area contributed by atoms with Crippen molar-refractivity contribution in [2.75, 3.05) is 44.0 Å². The Bertz CT molecular complexity index is 1160. The van der Waals surface area contributed by atoms with E-state index in [2.05, 4.69) is 20.4 Å². The summed E-state index contributed by atoms with van der Waals surface area (Å²) in [6, 6.07) is 15.3. The van der Waals surface area contributed by atoms with Crippen molar-refractivity contribution < 1.29 is 19.0 Å². The molecule has 0 unspecified atom stereocenters. The van der Waals surface area contributed by atoms with E-state index < -0.39 is 0 Å². The number of nitrogens with one attached hydrogen (secondary N) is 1. The summed E-state index contributed by atoms with van der Waals surface area (Å²) in [6.45, 7) is 2.63.